The second-order valence-corrected chi connectivity index (χ2v) is 7.70. The Morgan fingerprint density at radius 1 is 1.19 bits per heavy atom. The zero-order valence-electron chi connectivity index (χ0n) is 17.4. The molecule has 0 radical (unpaired) electrons. The first kappa shape index (κ1) is 21.8. The van der Waals surface area contributed by atoms with Crippen LogP contribution in [0.5, 0.6) is 0 Å². The largest absolute Gasteiger partial charge is 0.433 e. The van der Waals surface area contributed by atoms with E-state index in [-0.39, 0.29) is 29.9 Å². The number of aromatic nitrogens is 3. The number of benzene rings is 1. The molecule has 4 rings (SSSR count). The lowest BCUT2D eigenvalue weighted by atomic mass is 10.1. The van der Waals surface area contributed by atoms with Crippen molar-refractivity contribution < 1.29 is 22.8 Å². The Morgan fingerprint density at radius 2 is 1.94 bits per heavy atom. The molecule has 0 bridgehead atoms. The molecule has 1 saturated heterocycles. The normalized spacial score (nSPS) is 16.5. The van der Waals surface area contributed by atoms with Gasteiger partial charge in [0, 0.05) is 36.3 Å². The maximum absolute atomic E-state index is 13.5. The minimum Gasteiger partial charge on any atom is -0.343 e. The summed E-state index contributed by atoms with van der Waals surface area (Å²) in [5, 5.41) is 6.77. The summed E-state index contributed by atoms with van der Waals surface area (Å²) in [6.07, 6.45) is -3.60. The van der Waals surface area contributed by atoms with Gasteiger partial charge in [0.15, 0.2) is 5.65 Å². The molecule has 0 unspecified atom stereocenters. The van der Waals surface area contributed by atoms with E-state index in [1.807, 2.05) is 0 Å². The molecule has 0 aliphatic carbocycles. The fraction of sp³-hybridized carbons (Fsp3) is 0.364. The SMILES string of the molecule is CCc1cc(C(F)(F)F)n2nc([C@H]3CCN(C(=O)CNC(=O)c4ccccc4)C3)cc2n1. The Kier molecular flexibility index (Phi) is 5.86. The van der Waals surface area contributed by atoms with Gasteiger partial charge >= 0.3 is 6.18 Å². The van der Waals surface area contributed by atoms with Crippen molar-refractivity contribution in [2.24, 2.45) is 0 Å². The lowest BCUT2D eigenvalue weighted by Gasteiger charge is -2.16. The van der Waals surface area contributed by atoms with Crippen LogP contribution in [0.15, 0.2) is 42.5 Å². The Labute approximate surface area is 182 Å². The predicted molar refractivity (Wildman–Crippen MR) is 110 cm³/mol. The Morgan fingerprint density at radius 3 is 2.62 bits per heavy atom. The van der Waals surface area contributed by atoms with E-state index >= 15 is 0 Å². The summed E-state index contributed by atoms with van der Waals surface area (Å²) in [5.74, 6) is -0.785. The highest BCUT2D eigenvalue weighted by atomic mass is 19.4. The van der Waals surface area contributed by atoms with Gasteiger partial charge in [0.2, 0.25) is 5.91 Å². The van der Waals surface area contributed by atoms with Gasteiger partial charge in [-0.2, -0.15) is 18.3 Å². The third-order valence-corrected chi connectivity index (χ3v) is 5.55. The van der Waals surface area contributed by atoms with Gasteiger partial charge in [0.1, 0.15) is 5.69 Å². The van der Waals surface area contributed by atoms with Crippen molar-refractivity contribution in [2.45, 2.75) is 31.9 Å². The van der Waals surface area contributed by atoms with Crippen molar-refractivity contribution in [3.63, 3.8) is 0 Å². The summed E-state index contributed by atoms with van der Waals surface area (Å²) >= 11 is 0. The van der Waals surface area contributed by atoms with E-state index in [1.54, 1.807) is 48.2 Å². The average Bonchev–Trinajstić information content (AvgIpc) is 3.43. The van der Waals surface area contributed by atoms with E-state index in [9.17, 15) is 22.8 Å². The average molecular weight is 445 g/mol. The summed E-state index contributed by atoms with van der Waals surface area (Å²) in [4.78, 5) is 30.5. The highest BCUT2D eigenvalue weighted by Gasteiger charge is 2.36. The molecule has 0 spiro atoms. The smallest absolute Gasteiger partial charge is 0.343 e. The number of aryl methyl sites for hydroxylation is 1. The number of likely N-dealkylation sites (tertiary alicyclic amines) is 1. The van der Waals surface area contributed by atoms with E-state index in [1.165, 1.54) is 0 Å². The zero-order chi connectivity index (χ0) is 22.9. The second-order valence-electron chi connectivity index (χ2n) is 7.70. The molecule has 2 amide bonds. The van der Waals surface area contributed by atoms with Gasteiger partial charge in [-0.25, -0.2) is 9.50 Å². The first-order valence-corrected chi connectivity index (χ1v) is 10.3. The van der Waals surface area contributed by atoms with E-state index in [0.717, 1.165) is 10.6 Å². The number of hydrogen-bond acceptors (Lipinski definition) is 4. The van der Waals surface area contributed by atoms with Crippen LogP contribution in [-0.2, 0) is 17.4 Å². The fourth-order valence-corrected chi connectivity index (χ4v) is 3.81. The third-order valence-electron chi connectivity index (χ3n) is 5.55. The standard InChI is InChI=1S/C22H22F3N5O2/c1-2-16-10-18(22(23,24)25)30-19(27-16)11-17(28-30)15-8-9-29(13-15)20(31)12-26-21(32)14-6-4-3-5-7-14/h3-7,10-11,15H,2,8-9,12-13H2,1H3,(H,26,32)/t15-/m0/s1. The highest BCUT2D eigenvalue weighted by Crippen LogP contribution is 2.32. The monoisotopic (exact) mass is 445 g/mol. The molecular weight excluding hydrogens is 423 g/mol. The molecule has 1 N–H and O–H groups in total. The zero-order valence-corrected chi connectivity index (χ0v) is 17.4. The van der Waals surface area contributed by atoms with Crippen molar-refractivity contribution in [1.82, 2.24) is 24.8 Å². The molecule has 1 aliphatic rings. The van der Waals surface area contributed by atoms with Crippen molar-refractivity contribution in [3.05, 3.63) is 65.1 Å². The van der Waals surface area contributed by atoms with Crippen molar-refractivity contribution >= 4 is 17.5 Å². The molecule has 32 heavy (non-hydrogen) atoms. The molecule has 168 valence electrons. The van der Waals surface area contributed by atoms with Gasteiger partial charge in [-0.3, -0.25) is 9.59 Å². The Bertz CT molecular complexity index is 1140. The first-order chi connectivity index (χ1) is 15.3. The van der Waals surface area contributed by atoms with Gasteiger partial charge < -0.3 is 10.2 Å². The van der Waals surface area contributed by atoms with Crippen LogP contribution in [0.25, 0.3) is 5.65 Å². The Hall–Kier alpha value is -3.43. The van der Waals surface area contributed by atoms with Gasteiger partial charge in [-0.15, -0.1) is 0 Å². The Balaban J connectivity index is 1.45. The number of hydrogen-bond donors (Lipinski definition) is 1. The van der Waals surface area contributed by atoms with Crippen LogP contribution in [0.4, 0.5) is 13.2 Å². The maximum atomic E-state index is 13.5. The number of fused-ring (bicyclic) bond motifs is 1. The summed E-state index contributed by atoms with van der Waals surface area (Å²) < 4.78 is 41.3. The summed E-state index contributed by atoms with van der Waals surface area (Å²) in [6.45, 7) is 2.36. The van der Waals surface area contributed by atoms with Crippen LogP contribution >= 0.6 is 0 Å². The minimum atomic E-state index is -4.55. The van der Waals surface area contributed by atoms with Crippen LogP contribution in [0.1, 0.15) is 46.7 Å². The number of carbonyl (C=O) groups excluding carboxylic acids is 2. The molecule has 7 nitrogen and oxygen atoms in total. The van der Waals surface area contributed by atoms with Crippen LogP contribution in [0.3, 0.4) is 0 Å². The molecule has 1 aromatic carbocycles. The van der Waals surface area contributed by atoms with Crippen molar-refractivity contribution in [1.29, 1.82) is 0 Å². The molecular formula is C22H22F3N5O2. The van der Waals surface area contributed by atoms with Crippen LogP contribution < -0.4 is 5.32 Å². The number of amides is 2. The van der Waals surface area contributed by atoms with Gasteiger partial charge in [0.05, 0.1) is 12.2 Å². The van der Waals surface area contributed by atoms with Crippen molar-refractivity contribution in [2.75, 3.05) is 19.6 Å². The summed E-state index contributed by atoms with van der Waals surface area (Å²) in [6, 6.07) is 11.2. The molecule has 3 heterocycles. The van der Waals surface area contributed by atoms with Gasteiger partial charge in [-0.1, -0.05) is 25.1 Å². The molecule has 3 aromatic rings. The lowest BCUT2D eigenvalue weighted by Crippen LogP contribution is -2.39. The number of carbonyl (C=O) groups is 2. The number of alkyl halides is 3. The van der Waals surface area contributed by atoms with E-state index in [2.05, 4.69) is 15.4 Å². The van der Waals surface area contributed by atoms with Gasteiger partial charge in [0.25, 0.3) is 5.91 Å². The predicted octanol–water partition coefficient (Wildman–Crippen LogP) is 3.06. The maximum Gasteiger partial charge on any atom is 0.433 e. The molecule has 1 fully saturated rings. The van der Waals surface area contributed by atoms with E-state index in [4.69, 9.17) is 0 Å². The molecule has 1 aliphatic heterocycles. The third kappa shape index (κ3) is 4.44. The number of nitrogens with zero attached hydrogens (tertiary/aromatic N) is 4. The van der Waals surface area contributed by atoms with E-state index in [0.29, 0.717) is 42.9 Å². The molecule has 0 saturated carbocycles. The second kappa shape index (κ2) is 8.60. The number of nitrogens with one attached hydrogen (secondary N) is 1. The van der Waals surface area contributed by atoms with Crippen LogP contribution in [-0.4, -0.2) is 50.9 Å². The van der Waals surface area contributed by atoms with Crippen LogP contribution in [0, 0.1) is 0 Å². The number of halogens is 3. The van der Waals surface area contributed by atoms with Crippen LogP contribution in [0.2, 0.25) is 0 Å². The molecule has 10 heteroatoms. The van der Waals surface area contributed by atoms with Gasteiger partial charge in [-0.05, 0) is 31.0 Å². The quantitative estimate of drug-likeness (QED) is 0.655. The van der Waals surface area contributed by atoms with E-state index < -0.39 is 11.9 Å². The summed E-state index contributed by atoms with van der Waals surface area (Å²) in [7, 11) is 0. The highest BCUT2D eigenvalue weighted by molar-refractivity contribution is 5.96. The molecule has 1 atom stereocenters. The lowest BCUT2D eigenvalue weighted by molar-refractivity contribution is -0.142. The fourth-order valence-electron chi connectivity index (χ4n) is 3.81. The topological polar surface area (TPSA) is 79.6 Å². The molecule has 2 aromatic heterocycles. The first-order valence-electron chi connectivity index (χ1n) is 10.3. The minimum absolute atomic E-state index is 0.145. The van der Waals surface area contributed by atoms with Crippen molar-refractivity contribution in [3.8, 4) is 0 Å². The summed E-state index contributed by atoms with van der Waals surface area (Å²) in [5.41, 5.74) is 0.559. The number of rotatable bonds is 5.